The second-order valence-corrected chi connectivity index (χ2v) is 16.6. The van der Waals surface area contributed by atoms with Crippen molar-refractivity contribution >= 4 is 40.3 Å². The average molecular weight is 805 g/mol. The lowest BCUT2D eigenvalue weighted by Crippen LogP contribution is -2.39. The van der Waals surface area contributed by atoms with Gasteiger partial charge in [-0.25, -0.2) is 0 Å². The lowest BCUT2D eigenvalue weighted by atomic mass is 9.99. The van der Waals surface area contributed by atoms with Gasteiger partial charge in [0, 0.05) is 67.7 Å². The van der Waals surface area contributed by atoms with Crippen molar-refractivity contribution < 1.29 is 28.6 Å². The van der Waals surface area contributed by atoms with Gasteiger partial charge in [-0.3, -0.25) is 14.4 Å². The second kappa shape index (κ2) is 16.4. The number of carbonyl (C=O) groups is 3. The molecule has 0 saturated heterocycles. The summed E-state index contributed by atoms with van der Waals surface area (Å²) in [6, 6.07) is 30.6. The van der Waals surface area contributed by atoms with Gasteiger partial charge >= 0.3 is 0 Å². The van der Waals surface area contributed by atoms with Gasteiger partial charge in [0.25, 0.3) is 11.8 Å². The number of Topliss-reactive ketones (excluding diaryl/α,β-unsaturated/α-hetero) is 1. The number of para-hydroxylation sites is 2. The van der Waals surface area contributed by atoms with E-state index in [4.69, 9.17) is 14.2 Å². The molecule has 60 heavy (non-hydrogen) atoms. The standard InChI is InChI=1S/C50H52N4O6/c1-5-40(55)13-10-18-52(3)38-21-32(29-59-46-27-43-42(19-31(46)2)50(57)54-39(28-51-43)24-36-12-7-9-15-45(36)54)20-33(22-38)30-60-48-25-34-16-17-37-23-35-11-6-8-14-44(35)53(37)49(56)41(34)26-47(48)58-4/h6-9,11-12,14-15,19-22,25-27,37,39,51H,5,10,13,16-18,23-24,28-30H2,1-4H3/t37-,39+/m1/s1. The molecule has 0 fully saturated rings. The number of nitrogens with zero attached hydrogens (tertiary/aromatic N) is 3. The molecule has 9 rings (SSSR count). The summed E-state index contributed by atoms with van der Waals surface area (Å²) in [7, 11) is 3.65. The molecular weight excluding hydrogens is 753 g/mol. The lowest BCUT2D eigenvalue weighted by Gasteiger charge is -2.23. The predicted molar refractivity (Wildman–Crippen MR) is 235 cm³/mol. The molecule has 5 aromatic rings. The van der Waals surface area contributed by atoms with E-state index >= 15 is 0 Å². The number of hydrogen-bond acceptors (Lipinski definition) is 8. The zero-order valence-electron chi connectivity index (χ0n) is 34.9. The molecule has 4 aliphatic heterocycles. The largest absolute Gasteiger partial charge is 0.493 e. The van der Waals surface area contributed by atoms with E-state index in [0.29, 0.717) is 54.4 Å². The van der Waals surface area contributed by atoms with E-state index in [1.54, 1.807) is 7.11 Å². The number of benzene rings is 5. The van der Waals surface area contributed by atoms with Crippen LogP contribution in [0.2, 0.25) is 0 Å². The van der Waals surface area contributed by atoms with Crippen LogP contribution in [0.4, 0.5) is 22.7 Å². The first-order chi connectivity index (χ1) is 29.2. The van der Waals surface area contributed by atoms with Crippen molar-refractivity contribution in [2.75, 3.05) is 47.3 Å². The Morgan fingerprint density at radius 1 is 0.767 bits per heavy atom. The third-order valence-corrected chi connectivity index (χ3v) is 12.6. The highest BCUT2D eigenvalue weighted by Crippen LogP contribution is 2.42. The zero-order chi connectivity index (χ0) is 41.5. The number of amides is 2. The number of ketones is 1. The Balaban J connectivity index is 0.954. The fraction of sp³-hybridized carbons (Fsp3) is 0.340. The summed E-state index contributed by atoms with van der Waals surface area (Å²) in [5.41, 5.74) is 11.2. The third kappa shape index (κ3) is 7.44. The number of methoxy groups -OCH3 is 1. The minimum absolute atomic E-state index is 0.00141. The molecule has 0 aromatic heterocycles. The molecule has 0 saturated carbocycles. The molecule has 4 aliphatic rings. The highest BCUT2D eigenvalue weighted by Gasteiger charge is 2.39. The summed E-state index contributed by atoms with van der Waals surface area (Å²) in [5, 5.41) is 3.55. The Bertz CT molecular complexity index is 2500. The number of ether oxygens (including phenoxy) is 3. The minimum Gasteiger partial charge on any atom is -0.493 e. The van der Waals surface area contributed by atoms with Gasteiger partial charge in [-0.1, -0.05) is 43.3 Å². The van der Waals surface area contributed by atoms with E-state index in [9.17, 15) is 14.4 Å². The zero-order valence-corrected chi connectivity index (χ0v) is 34.9. The van der Waals surface area contributed by atoms with Crippen molar-refractivity contribution in [1.82, 2.24) is 0 Å². The number of nitrogens with one attached hydrogen (secondary N) is 1. The molecule has 0 unspecified atom stereocenters. The molecule has 10 heteroatoms. The summed E-state index contributed by atoms with van der Waals surface area (Å²) >= 11 is 0. The quantitative estimate of drug-likeness (QED) is 0.126. The number of rotatable bonds is 13. The highest BCUT2D eigenvalue weighted by atomic mass is 16.5. The van der Waals surface area contributed by atoms with Crippen LogP contribution in [0.15, 0.2) is 91.0 Å². The van der Waals surface area contributed by atoms with Crippen molar-refractivity contribution in [2.24, 2.45) is 0 Å². The number of aryl methyl sites for hydroxylation is 2. The molecule has 0 spiro atoms. The molecule has 0 radical (unpaired) electrons. The maximum absolute atomic E-state index is 14.0. The van der Waals surface area contributed by atoms with Crippen LogP contribution in [-0.2, 0) is 37.3 Å². The number of carbonyl (C=O) groups excluding carboxylic acids is 3. The van der Waals surface area contributed by atoms with Crippen LogP contribution in [-0.4, -0.2) is 56.9 Å². The van der Waals surface area contributed by atoms with E-state index in [0.717, 1.165) is 83.7 Å². The van der Waals surface area contributed by atoms with Crippen LogP contribution in [0.25, 0.3) is 0 Å². The Hall–Kier alpha value is -6.29. The van der Waals surface area contributed by atoms with Crippen molar-refractivity contribution in [3.05, 3.63) is 136 Å². The molecule has 1 N–H and O–H groups in total. The average Bonchev–Trinajstić information content (AvgIpc) is 3.76. The fourth-order valence-electron chi connectivity index (χ4n) is 9.39. The highest BCUT2D eigenvalue weighted by molar-refractivity contribution is 6.12. The minimum atomic E-state index is 0.00141. The van der Waals surface area contributed by atoms with Crippen LogP contribution in [0.3, 0.4) is 0 Å². The molecule has 4 heterocycles. The summed E-state index contributed by atoms with van der Waals surface area (Å²) in [4.78, 5) is 46.2. The molecule has 10 nitrogen and oxygen atoms in total. The van der Waals surface area contributed by atoms with Gasteiger partial charge in [0.15, 0.2) is 11.5 Å². The van der Waals surface area contributed by atoms with Crippen LogP contribution >= 0.6 is 0 Å². The topological polar surface area (TPSA) is 101 Å². The van der Waals surface area contributed by atoms with E-state index in [1.165, 1.54) is 11.1 Å². The van der Waals surface area contributed by atoms with Crippen molar-refractivity contribution in [3.8, 4) is 17.2 Å². The Labute approximate surface area is 352 Å². The molecule has 5 aromatic carbocycles. The lowest BCUT2D eigenvalue weighted by molar-refractivity contribution is -0.118. The molecule has 2 amide bonds. The van der Waals surface area contributed by atoms with Gasteiger partial charge in [-0.05, 0) is 121 Å². The van der Waals surface area contributed by atoms with E-state index in [2.05, 4.69) is 40.5 Å². The van der Waals surface area contributed by atoms with Gasteiger partial charge in [0.05, 0.1) is 24.4 Å². The molecule has 0 bridgehead atoms. The van der Waals surface area contributed by atoms with Crippen LogP contribution in [0, 0.1) is 6.92 Å². The number of fused-ring (bicyclic) bond motifs is 8. The van der Waals surface area contributed by atoms with Crippen LogP contribution in [0.1, 0.15) is 86.7 Å². The maximum Gasteiger partial charge on any atom is 0.260 e. The van der Waals surface area contributed by atoms with Crippen molar-refractivity contribution in [2.45, 2.75) is 84.1 Å². The number of hydrogen-bond donors (Lipinski definition) is 1. The first kappa shape index (κ1) is 39.2. The van der Waals surface area contributed by atoms with Gasteiger partial charge in [-0.15, -0.1) is 0 Å². The van der Waals surface area contributed by atoms with E-state index in [-0.39, 0.29) is 36.3 Å². The predicted octanol–water partition coefficient (Wildman–Crippen LogP) is 8.87. The Morgan fingerprint density at radius 3 is 2.12 bits per heavy atom. The summed E-state index contributed by atoms with van der Waals surface area (Å²) in [5.74, 6) is 2.08. The summed E-state index contributed by atoms with van der Waals surface area (Å²) in [6.07, 6.45) is 5.16. The Kier molecular flexibility index (Phi) is 10.7. The second-order valence-electron chi connectivity index (χ2n) is 16.6. The molecule has 308 valence electrons. The monoisotopic (exact) mass is 804 g/mol. The normalized spacial score (nSPS) is 17.3. The first-order valence-electron chi connectivity index (χ1n) is 21.2. The summed E-state index contributed by atoms with van der Waals surface area (Å²) < 4.78 is 18.9. The Morgan fingerprint density at radius 2 is 1.42 bits per heavy atom. The summed E-state index contributed by atoms with van der Waals surface area (Å²) in [6.45, 7) is 5.81. The maximum atomic E-state index is 14.0. The van der Waals surface area contributed by atoms with Crippen LogP contribution < -0.4 is 34.2 Å². The third-order valence-electron chi connectivity index (χ3n) is 12.6. The van der Waals surface area contributed by atoms with Crippen molar-refractivity contribution in [1.29, 1.82) is 0 Å². The fourth-order valence-corrected chi connectivity index (χ4v) is 9.39. The molecule has 2 atom stereocenters. The van der Waals surface area contributed by atoms with Gasteiger partial charge in [0.1, 0.15) is 24.7 Å². The van der Waals surface area contributed by atoms with Crippen molar-refractivity contribution in [3.63, 3.8) is 0 Å². The van der Waals surface area contributed by atoms with Gasteiger partial charge in [-0.2, -0.15) is 0 Å². The van der Waals surface area contributed by atoms with Gasteiger partial charge in [0.2, 0.25) is 0 Å². The SMILES string of the molecule is CCC(=O)CCCN(C)c1cc(COc2cc3c(cc2C)C(=O)N2c4ccccc4C[C@H]2CN3)cc(COc2cc3c(cc2OC)C(=O)N2c4ccccc4C[C@H]2CC3)c1. The first-order valence-corrected chi connectivity index (χ1v) is 21.2. The van der Waals surface area contributed by atoms with Crippen LogP contribution in [0.5, 0.6) is 17.2 Å². The van der Waals surface area contributed by atoms with E-state index < -0.39 is 0 Å². The molecule has 0 aliphatic carbocycles. The van der Waals surface area contributed by atoms with E-state index in [1.807, 2.05) is 91.4 Å². The van der Waals surface area contributed by atoms with Gasteiger partial charge < -0.3 is 34.2 Å². The number of anilines is 4. The smallest absolute Gasteiger partial charge is 0.260 e. The molecular formula is C50H52N4O6.